The number of nitrogens with one attached hydrogen (secondary N) is 1. The Labute approximate surface area is 162 Å². The van der Waals surface area contributed by atoms with E-state index in [1.807, 2.05) is 66.7 Å². The molecule has 1 heterocycles. The highest BCUT2D eigenvalue weighted by Crippen LogP contribution is 2.29. The van der Waals surface area contributed by atoms with Crippen LogP contribution in [0.1, 0.15) is 26.4 Å². The number of fused-ring (bicyclic) bond motifs is 1. The van der Waals surface area contributed by atoms with Crippen LogP contribution in [0.3, 0.4) is 0 Å². The molecular formula is C24H18N2O2. The monoisotopic (exact) mass is 366 g/mol. The summed E-state index contributed by atoms with van der Waals surface area (Å²) >= 11 is 0. The summed E-state index contributed by atoms with van der Waals surface area (Å²) < 4.78 is 0. The van der Waals surface area contributed by atoms with Crippen molar-refractivity contribution < 1.29 is 9.59 Å². The SMILES string of the molecule is CNC(=O)c1ccccc1-c1ccccc1C(=O)c1ccc2ccccc2n1. The van der Waals surface area contributed by atoms with Gasteiger partial charge in [0.25, 0.3) is 5.91 Å². The lowest BCUT2D eigenvalue weighted by molar-refractivity contribution is 0.0962. The number of para-hydroxylation sites is 1. The zero-order chi connectivity index (χ0) is 19.5. The first kappa shape index (κ1) is 17.6. The predicted octanol–water partition coefficient (Wildman–Crippen LogP) is 4.49. The average molecular weight is 366 g/mol. The molecule has 0 aliphatic carbocycles. The predicted molar refractivity (Wildman–Crippen MR) is 110 cm³/mol. The Bertz CT molecular complexity index is 1200. The molecule has 4 heteroatoms. The maximum Gasteiger partial charge on any atom is 0.251 e. The number of amides is 1. The van der Waals surface area contributed by atoms with E-state index in [0.29, 0.717) is 27.9 Å². The van der Waals surface area contributed by atoms with E-state index in [0.717, 1.165) is 10.9 Å². The summed E-state index contributed by atoms with van der Waals surface area (Å²) in [6.07, 6.45) is 0. The summed E-state index contributed by atoms with van der Waals surface area (Å²) in [4.78, 5) is 30.1. The van der Waals surface area contributed by atoms with Crippen LogP contribution in [0.4, 0.5) is 0 Å². The molecule has 3 aromatic carbocycles. The van der Waals surface area contributed by atoms with E-state index >= 15 is 0 Å². The lowest BCUT2D eigenvalue weighted by Crippen LogP contribution is -2.19. The van der Waals surface area contributed by atoms with Crippen molar-refractivity contribution in [3.8, 4) is 11.1 Å². The number of carbonyl (C=O) groups is 2. The molecular weight excluding hydrogens is 348 g/mol. The standard InChI is InChI=1S/C24H18N2O2/c1-25-24(28)20-12-6-4-10-18(20)17-9-3-5-11-19(17)23(27)22-15-14-16-8-2-7-13-21(16)26-22/h2-15H,1H3,(H,25,28). The Hall–Kier alpha value is -3.79. The Balaban J connectivity index is 1.84. The lowest BCUT2D eigenvalue weighted by atomic mass is 9.92. The van der Waals surface area contributed by atoms with Gasteiger partial charge in [0, 0.05) is 23.6 Å². The molecule has 136 valence electrons. The van der Waals surface area contributed by atoms with Crippen molar-refractivity contribution in [2.45, 2.75) is 0 Å². The Morgan fingerprint density at radius 2 is 1.32 bits per heavy atom. The molecule has 0 spiro atoms. The van der Waals surface area contributed by atoms with Crippen LogP contribution in [0.15, 0.2) is 84.9 Å². The number of nitrogens with zero attached hydrogens (tertiary/aromatic N) is 1. The molecule has 0 atom stereocenters. The third kappa shape index (κ3) is 3.16. The highest BCUT2D eigenvalue weighted by Gasteiger charge is 2.19. The van der Waals surface area contributed by atoms with Gasteiger partial charge in [-0.15, -0.1) is 0 Å². The molecule has 0 aliphatic heterocycles. The first-order chi connectivity index (χ1) is 13.7. The molecule has 0 saturated heterocycles. The van der Waals surface area contributed by atoms with Gasteiger partial charge in [0.05, 0.1) is 5.52 Å². The van der Waals surface area contributed by atoms with Crippen molar-refractivity contribution in [3.05, 3.63) is 102 Å². The molecule has 1 aromatic heterocycles. The van der Waals surface area contributed by atoms with Crippen molar-refractivity contribution in [2.24, 2.45) is 0 Å². The number of pyridine rings is 1. The maximum atomic E-state index is 13.3. The van der Waals surface area contributed by atoms with Gasteiger partial charge in [0.2, 0.25) is 5.78 Å². The molecule has 4 rings (SSSR count). The van der Waals surface area contributed by atoms with Crippen molar-refractivity contribution >= 4 is 22.6 Å². The minimum atomic E-state index is -0.193. The summed E-state index contributed by atoms with van der Waals surface area (Å²) in [5.41, 5.74) is 3.62. The van der Waals surface area contributed by atoms with Crippen LogP contribution in [0.2, 0.25) is 0 Å². The molecule has 0 fully saturated rings. The smallest absolute Gasteiger partial charge is 0.251 e. The molecule has 1 amide bonds. The van der Waals surface area contributed by atoms with Crippen LogP contribution in [0, 0.1) is 0 Å². The maximum absolute atomic E-state index is 13.3. The highest BCUT2D eigenvalue weighted by molar-refractivity contribution is 6.13. The van der Waals surface area contributed by atoms with Crippen LogP contribution >= 0.6 is 0 Å². The van der Waals surface area contributed by atoms with Gasteiger partial charge in [-0.1, -0.05) is 66.7 Å². The summed E-state index contributed by atoms with van der Waals surface area (Å²) in [5.74, 6) is -0.366. The Morgan fingerprint density at radius 3 is 2.07 bits per heavy atom. The number of aromatic nitrogens is 1. The third-order valence-corrected chi connectivity index (χ3v) is 4.69. The second kappa shape index (κ2) is 7.45. The van der Waals surface area contributed by atoms with E-state index in [-0.39, 0.29) is 11.7 Å². The van der Waals surface area contributed by atoms with E-state index in [2.05, 4.69) is 10.3 Å². The molecule has 0 bridgehead atoms. The van der Waals surface area contributed by atoms with Crippen molar-refractivity contribution in [2.75, 3.05) is 7.05 Å². The van der Waals surface area contributed by atoms with E-state index in [1.165, 1.54) is 0 Å². The minimum absolute atomic E-state index is 0.173. The highest BCUT2D eigenvalue weighted by atomic mass is 16.1. The van der Waals surface area contributed by atoms with Gasteiger partial charge < -0.3 is 5.32 Å². The second-order valence-electron chi connectivity index (χ2n) is 6.39. The molecule has 4 nitrogen and oxygen atoms in total. The largest absolute Gasteiger partial charge is 0.355 e. The van der Waals surface area contributed by atoms with Gasteiger partial charge in [-0.25, -0.2) is 4.98 Å². The Kier molecular flexibility index (Phi) is 4.68. The summed E-state index contributed by atoms with van der Waals surface area (Å²) in [6.45, 7) is 0. The number of hydrogen-bond acceptors (Lipinski definition) is 3. The number of carbonyl (C=O) groups excluding carboxylic acids is 2. The number of ketones is 1. The van der Waals surface area contributed by atoms with Crippen LogP contribution in [0.5, 0.6) is 0 Å². The second-order valence-corrected chi connectivity index (χ2v) is 6.39. The fourth-order valence-electron chi connectivity index (χ4n) is 3.30. The molecule has 0 saturated carbocycles. The molecule has 0 aliphatic rings. The topological polar surface area (TPSA) is 59.1 Å². The molecule has 0 radical (unpaired) electrons. The molecule has 1 N–H and O–H groups in total. The number of rotatable bonds is 4. The van der Waals surface area contributed by atoms with E-state index in [1.54, 1.807) is 25.2 Å². The average Bonchev–Trinajstić information content (AvgIpc) is 2.77. The fourth-order valence-corrected chi connectivity index (χ4v) is 3.30. The first-order valence-corrected chi connectivity index (χ1v) is 9.00. The quantitative estimate of drug-likeness (QED) is 0.541. The van der Waals surface area contributed by atoms with Crippen LogP contribution < -0.4 is 5.32 Å². The van der Waals surface area contributed by atoms with E-state index in [4.69, 9.17) is 0 Å². The molecule has 4 aromatic rings. The molecule has 28 heavy (non-hydrogen) atoms. The van der Waals surface area contributed by atoms with Crippen LogP contribution in [0.25, 0.3) is 22.0 Å². The van der Waals surface area contributed by atoms with E-state index in [9.17, 15) is 9.59 Å². The zero-order valence-electron chi connectivity index (χ0n) is 15.3. The summed E-state index contributed by atoms with van der Waals surface area (Å²) in [5, 5.41) is 3.64. The third-order valence-electron chi connectivity index (χ3n) is 4.69. The lowest BCUT2D eigenvalue weighted by Gasteiger charge is -2.12. The van der Waals surface area contributed by atoms with Gasteiger partial charge in [-0.3, -0.25) is 9.59 Å². The van der Waals surface area contributed by atoms with Gasteiger partial charge in [-0.2, -0.15) is 0 Å². The van der Waals surface area contributed by atoms with Crippen molar-refractivity contribution in [1.29, 1.82) is 0 Å². The number of hydrogen-bond donors (Lipinski definition) is 1. The number of benzene rings is 3. The van der Waals surface area contributed by atoms with Crippen LogP contribution in [-0.4, -0.2) is 23.7 Å². The van der Waals surface area contributed by atoms with Gasteiger partial charge in [0.15, 0.2) is 0 Å². The van der Waals surface area contributed by atoms with Crippen molar-refractivity contribution in [1.82, 2.24) is 10.3 Å². The Morgan fingerprint density at radius 1 is 0.714 bits per heavy atom. The van der Waals surface area contributed by atoms with E-state index < -0.39 is 0 Å². The van der Waals surface area contributed by atoms with Crippen LogP contribution in [-0.2, 0) is 0 Å². The van der Waals surface area contributed by atoms with Crippen molar-refractivity contribution in [3.63, 3.8) is 0 Å². The van der Waals surface area contributed by atoms with Gasteiger partial charge in [0.1, 0.15) is 5.69 Å². The van der Waals surface area contributed by atoms with Gasteiger partial charge in [-0.05, 0) is 29.3 Å². The zero-order valence-corrected chi connectivity index (χ0v) is 15.3. The fraction of sp³-hybridized carbons (Fsp3) is 0.0417. The summed E-state index contributed by atoms with van der Waals surface area (Å²) in [6, 6.07) is 25.9. The van der Waals surface area contributed by atoms with Gasteiger partial charge >= 0.3 is 0 Å². The normalized spacial score (nSPS) is 10.6. The first-order valence-electron chi connectivity index (χ1n) is 9.00. The molecule has 0 unspecified atom stereocenters. The summed E-state index contributed by atoms with van der Waals surface area (Å²) in [7, 11) is 1.59. The minimum Gasteiger partial charge on any atom is -0.355 e.